The summed E-state index contributed by atoms with van der Waals surface area (Å²) >= 11 is 0. The minimum Gasteiger partial charge on any atom is -0.422 e. The molecular formula is C28H30O8. The molecule has 2 saturated heterocycles. The van der Waals surface area contributed by atoms with Gasteiger partial charge in [-0.3, -0.25) is 19.2 Å². The number of rotatable bonds is 5. The van der Waals surface area contributed by atoms with E-state index in [4.69, 9.17) is 18.9 Å². The maximum absolute atomic E-state index is 13.9. The third-order valence-corrected chi connectivity index (χ3v) is 6.66. The predicted molar refractivity (Wildman–Crippen MR) is 127 cm³/mol. The SMILES string of the molecule is Cc1ccc(CC2(C3(Cc4ccc(C)cc4)C(=O)OC(C)(C)OC3=O)C(=O)OC(C)(C)OC2=O)cc1. The van der Waals surface area contributed by atoms with Gasteiger partial charge < -0.3 is 18.9 Å². The third-order valence-electron chi connectivity index (χ3n) is 6.66. The molecule has 36 heavy (non-hydrogen) atoms. The Bertz CT molecular complexity index is 1080. The van der Waals surface area contributed by atoms with Gasteiger partial charge in [0.25, 0.3) is 11.6 Å². The van der Waals surface area contributed by atoms with Crippen molar-refractivity contribution in [3.8, 4) is 0 Å². The zero-order chi connectivity index (χ0) is 26.5. The predicted octanol–water partition coefficient (Wildman–Crippen LogP) is 3.73. The second kappa shape index (κ2) is 8.47. The number of cyclic esters (lactones) is 4. The van der Waals surface area contributed by atoms with Crippen molar-refractivity contribution in [2.75, 3.05) is 0 Å². The molecule has 0 spiro atoms. The molecule has 0 amide bonds. The second-order valence-electron chi connectivity index (χ2n) is 10.5. The fourth-order valence-corrected chi connectivity index (χ4v) is 4.76. The molecule has 2 aromatic carbocycles. The normalized spacial score (nSPS) is 21.6. The number of aryl methyl sites for hydroxylation is 2. The number of carbonyl (C=O) groups excluding carboxylic acids is 4. The fourth-order valence-electron chi connectivity index (χ4n) is 4.76. The average Bonchev–Trinajstić information content (AvgIpc) is 2.75. The van der Waals surface area contributed by atoms with E-state index in [0.717, 1.165) is 11.1 Å². The fraction of sp³-hybridized carbons (Fsp3) is 0.429. The maximum Gasteiger partial charge on any atom is 0.328 e. The second-order valence-corrected chi connectivity index (χ2v) is 10.5. The van der Waals surface area contributed by atoms with Gasteiger partial charge in [-0.05, 0) is 25.0 Å². The van der Waals surface area contributed by atoms with Crippen LogP contribution in [0.4, 0.5) is 0 Å². The first-order valence-electron chi connectivity index (χ1n) is 11.8. The molecule has 4 rings (SSSR count). The lowest BCUT2D eigenvalue weighted by molar-refractivity contribution is -0.283. The molecule has 0 unspecified atom stereocenters. The van der Waals surface area contributed by atoms with Gasteiger partial charge in [-0.25, -0.2) is 0 Å². The van der Waals surface area contributed by atoms with E-state index in [2.05, 4.69) is 0 Å². The molecule has 2 aromatic rings. The Morgan fingerprint density at radius 3 is 1.00 bits per heavy atom. The first kappa shape index (κ1) is 25.4. The largest absolute Gasteiger partial charge is 0.422 e. The molecule has 2 aliphatic rings. The van der Waals surface area contributed by atoms with E-state index >= 15 is 0 Å². The molecule has 2 aliphatic heterocycles. The van der Waals surface area contributed by atoms with Gasteiger partial charge in [-0.1, -0.05) is 59.7 Å². The van der Waals surface area contributed by atoms with Crippen LogP contribution in [0.25, 0.3) is 0 Å². The summed E-state index contributed by atoms with van der Waals surface area (Å²) in [4.78, 5) is 55.5. The van der Waals surface area contributed by atoms with Crippen LogP contribution in [-0.2, 0) is 51.0 Å². The van der Waals surface area contributed by atoms with Crippen molar-refractivity contribution >= 4 is 23.9 Å². The van der Waals surface area contributed by atoms with E-state index in [9.17, 15) is 19.2 Å². The van der Waals surface area contributed by atoms with E-state index in [-0.39, 0.29) is 12.8 Å². The first-order chi connectivity index (χ1) is 16.7. The van der Waals surface area contributed by atoms with E-state index < -0.39 is 46.3 Å². The molecule has 0 saturated carbocycles. The standard InChI is InChI=1S/C28H30O8/c1-17-7-11-19(12-8-17)15-27(21(29)33-25(3,4)34-22(27)30)28(16-20-13-9-18(2)10-14-20)23(31)35-26(5,6)36-24(28)32/h7-14H,15-16H2,1-6H3. The molecule has 8 heteroatoms. The van der Waals surface area contributed by atoms with E-state index in [0.29, 0.717) is 11.1 Å². The summed E-state index contributed by atoms with van der Waals surface area (Å²) in [5.41, 5.74) is -1.82. The minimum atomic E-state index is -2.40. The first-order valence-corrected chi connectivity index (χ1v) is 11.8. The highest BCUT2D eigenvalue weighted by Gasteiger charge is 2.77. The van der Waals surface area contributed by atoms with Gasteiger partial charge in [0.2, 0.25) is 0 Å². The smallest absolute Gasteiger partial charge is 0.328 e. The molecule has 0 bridgehead atoms. The Balaban J connectivity index is 1.99. The lowest BCUT2D eigenvalue weighted by Gasteiger charge is -2.51. The van der Waals surface area contributed by atoms with Gasteiger partial charge in [0, 0.05) is 40.5 Å². The summed E-state index contributed by atoms with van der Waals surface area (Å²) in [6, 6.07) is 14.1. The highest BCUT2D eigenvalue weighted by molar-refractivity contribution is 6.16. The molecule has 0 aromatic heterocycles. The van der Waals surface area contributed by atoms with Crippen molar-refractivity contribution in [3.05, 3.63) is 70.8 Å². The number of benzene rings is 2. The van der Waals surface area contributed by atoms with Crippen molar-refractivity contribution < 1.29 is 38.1 Å². The van der Waals surface area contributed by atoms with Crippen LogP contribution < -0.4 is 0 Å². The molecule has 190 valence electrons. The Morgan fingerprint density at radius 1 is 0.500 bits per heavy atom. The van der Waals surface area contributed by atoms with Crippen molar-refractivity contribution in [1.82, 2.24) is 0 Å². The number of carbonyl (C=O) groups is 4. The lowest BCUT2D eigenvalue weighted by Crippen LogP contribution is -2.71. The molecule has 0 atom stereocenters. The number of ether oxygens (including phenoxy) is 4. The topological polar surface area (TPSA) is 105 Å². The van der Waals surface area contributed by atoms with Crippen LogP contribution in [0.15, 0.2) is 48.5 Å². The van der Waals surface area contributed by atoms with Crippen LogP contribution in [0, 0.1) is 24.7 Å². The van der Waals surface area contributed by atoms with Crippen molar-refractivity contribution in [2.24, 2.45) is 10.8 Å². The Labute approximate surface area is 209 Å². The van der Waals surface area contributed by atoms with Gasteiger partial charge >= 0.3 is 23.9 Å². The average molecular weight is 495 g/mol. The van der Waals surface area contributed by atoms with E-state index in [1.807, 2.05) is 13.8 Å². The van der Waals surface area contributed by atoms with Crippen molar-refractivity contribution in [2.45, 2.75) is 66.0 Å². The molecule has 0 radical (unpaired) electrons. The van der Waals surface area contributed by atoms with Crippen LogP contribution >= 0.6 is 0 Å². The summed E-state index contributed by atoms with van der Waals surface area (Å²) in [6.07, 6.45) is -0.672. The number of esters is 4. The van der Waals surface area contributed by atoms with Crippen molar-refractivity contribution in [3.63, 3.8) is 0 Å². The van der Waals surface area contributed by atoms with Gasteiger partial charge in [-0.15, -0.1) is 0 Å². The van der Waals surface area contributed by atoms with Gasteiger partial charge in [0.1, 0.15) is 0 Å². The molecule has 2 heterocycles. The van der Waals surface area contributed by atoms with Crippen LogP contribution in [0.2, 0.25) is 0 Å². The molecule has 8 nitrogen and oxygen atoms in total. The maximum atomic E-state index is 13.9. The zero-order valence-corrected chi connectivity index (χ0v) is 21.3. The van der Waals surface area contributed by atoms with Crippen LogP contribution in [0.1, 0.15) is 49.9 Å². The summed E-state index contributed by atoms with van der Waals surface area (Å²) in [6.45, 7) is 9.42. The Hall–Kier alpha value is -3.68. The quantitative estimate of drug-likeness (QED) is 0.457. The zero-order valence-electron chi connectivity index (χ0n) is 21.3. The summed E-state index contributed by atoms with van der Waals surface area (Å²) in [5.74, 6) is -7.37. The Morgan fingerprint density at radius 2 is 0.750 bits per heavy atom. The number of hydrogen-bond acceptors (Lipinski definition) is 8. The monoisotopic (exact) mass is 494 g/mol. The summed E-state index contributed by atoms with van der Waals surface area (Å²) < 4.78 is 22.2. The van der Waals surface area contributed by atoms with Gasteiger partial charge in [0.15, 0.2) is 10.8 Å². The van der Waals surface area contributed by atoms with Gasteiger partial charge in [0.05, 0.1) is 0 Å². The van der Waals surface area contributed by atoms with E-state index in [1.54, 1.807) is 48.5 Å². The summed E-state index contributed by atoms with van der Waals surface area (Å²) in [7, 11) is 0. The third kappa shape index (κ3) is 4.14. The van der Waals surface area contributed by atoms with Crippen LogP contribution in [0.5, 0.6) is 0 Å². The molecular weight excluding hydrogens is 464 g/mol. The minimum absolute atomic E-state index is 0.336. The number of hydrogen-bond donors (Lipinski definition) is 0. The van der Waals surface area contributed by atoms with Gasteiger partial charge in [-0.2, -0.15) is 0 Å². The lowest BCUT2D eigenvalue weighted by atomic mass is 9.57. The van der Waals surface area contributed by atoms with Crippen molar-refractivity contribution in [1.29, 1.82) is 0 Å². The Kier molecular flexibility index (Phi) is 5.98. The molecule has 2 fully saturated rings. The van der Waals surface area contributed by atoms with Crippen LogP contribution in [0.3, 0.4) is 0 Å². The van der Waals surface area contributed by atoms with Crippen LogP contribution in [-0.4, -0.2) is 35.5 Å². The summed E-state index contributed by atoms with van der Waals surface area (Å²) in [5, 5.41) is 0. The molecule has 0 aliphatic carbocycles. The van der Waals surface area contributed by atoms with E-state index in [1.165, 1.54) is 27.7 Å². The highest BCUT2D eigenvalue weighted by atomic mass is 16.8. The molecule has 0 N–H and O–H groups in total. The highest BCUT2D eigenvalue weighted by Crippen LogP contribution is 2.54.